The van der Waals surface area contributed by atoms with Gasteiger partial charge in [0.05, 0.1) is 0 Å². The summed E-state index contributed by atoms with van der Waals surface area (Å²) in [4.78, 5) is 21.9. The molecular formula is C10H17NO3. The summed E-state index contributed by atoms with van der Waals surface area (Å²) in [5, 5.41) is 11.2. The maximum atomic E-state index is 11.2. The van der Waals surface area contributed by atoms with Gasteiger partial charge in [0.1, 0.15) is 6.04 Å². The van der Waals surface area contributed by atoms with Gasteiger partial charge in [0, 0.05) is 6.08 Å². The van der Waals surface area contributed by atoms with Crippen molar-refractivity contribution in [3.05, 3.63) is 11.6 Å². The zero-order chi connectivity index (χ0) is 11.3. The molecule has 0 saturated heterocycles. The van der Waals surface area contributed by atoms with Gasteiger partial charge in [-0.1, -0.05) is 19.4 Å². The van der Waals surface area contributed by atoms with Crippen LogP contribution in [0.25, 0.3) is 0 Å². The molecule has 0 aliphatic carbocycles. The van der Waals surface area contributed by atoms with E-state index in [4.69, 9.17) is 5.11 Å². The fourth-order valence-electron chi connectivity index (χ4n) is 0.971. The Bertz CT molecular complexity index is 252. The summed E-state index contributed by atoms with van der Waals surface area (Å²) in [6.07, 6.45) is 1.39. The lowest BCUT2D eigenvalue weighted by Crippen LogP contribution is -2.43. The summed E-state index contributed by atoms with van der Waals surface area (Å²) < 4.78 is 0. The van der Waals surface area contributed by atoms with Crippen molar-refractivity contribution in [2.45, 2.75) is 33.7 Å². The predicted molar refractivity (Wildman–Crippen MR) is 53.8 cm³/mol. The monoisotopic (exact) mass is 199 g/mol. The highest BCUT2D eigenvalue weighted by Crippen LogP contribution is 2.01. The summed E-state index contributed by atoms with van der Waals surface area (Å²) in [6, 6.07) is -0.821. The lowest BCUT2D eigenvalue weighted by atomic mass is 10.0. The number of nitrogens with one attached hydrogen (secondary N) is 1. The Kier molecular flexibility index (Phi) is 4.91. The molecule has 0 radical (unpaired) electrons. The van der Waals surface area contributed by atoms with Gasteiger partial charge in [0.2, 0.25) is 5.91 Å². The van der Waals surface area contributed by atoms with Gasteiger partial charge in [-0.25, -0.2) is 4.79 Å². The molecule has 14 heavy (non-hydrogen) atoms. The molecule has 4 nitrogen and oxygen atoms in total. The summed E-state index contributed by atoms with van der Waals surface area (Å²) in [7, 11) is 0. The topological polar surface area (TPSA) is 66.4 Å². The van der Waals surface area contributed by atoms with Crippen LogP contribution in [0.4, 0.5) is 0 Å². The highest BCUT2D eigenvalue weighted by atomic mass is 16.4. The average Bonchev–Trinajstić information content (AvgIpc) is 1.97. The normalized spacial score (nSPS) is 12.1. The number of hydrogen-bond donors (Lipinski definition) is 2. The third-order valence-corrected chi connectivity index (χ3v) is 1.65. The highest BCUT2D eigenvalue weighted by Gasteiger charge is 2.22. The van der Waals surface area contributed by atoms with Crippen LogP contribution in [0.3, 0.4) is 0 Å². The Labute approximate surface area is 84.0 Å². The van der Waals surface area contributed by atoms with Crippen LogP contribution in [0.15, 0.2) is 11.6 Å². The third-order valence-electron chi connectivity index (χ3n) is 1.65. The zero-order valence-electron chi connectivity index (χ0n) is 9.00. The molecule has 0 rings (SSSR count). The summed E-state index contributed by atoms with van der Waals surface area (Å²) in [5.74, 6) is -1.48. The van der Waals surface area contributed by atoms with Crippen LogP contribution < -0.4 is 5.32 Å². The molecule has 0 bridgehead atoms. The lowest BCUT2D eigenvalue weighted by Gasteiger charge is -2.16. The van der Waals surface area contributed by atoms with E-state index in [2.05, 4.69) is 5.32 Å². The molecule has 0 fully saturated rings. The average molecular weight is 199 g/mol. The molecule has 0 aromatic rings. The Morgan fingerprint density at radius 2 is 1.79 bits per heavy atom. The van der Waals surface area contributed by atoms with Crippen molar-refractivity contribution >= 4 is 11.9 Å². The number of allylic oxidation sites excluding steroid dienone is 1. The molecule has 0 aromatic carbocycles. The van der Waals surface area contributed by atoms with Gasteiger partial charge < -0.3 is 10.4 Å². The summed E-state index contributed by atoms with van der Waals surface area (Å²) in [5.41, 5.74) is 0.843. The molecule has 1 atom stereocenters. The smallest absolute Gasteiger partial charge is 0.326 e. The third kappa shape index (κ3) is 4.64. The number of aliphatic carboxylic acids is 1. The second-order valence-corrected chi connectivity index (χ2v) is 3.79. The second kappa shape index (κ2) is 5.42. The van der Waals surface area contributed by atoms with Crippen molar-refractivity contribution in [3.8, 4) is 0 Å². The first kappa shape index (κ1) is 12.7. The van der Waals surface area contributed by atoms with Crippen molar-refractivity contribution in [3.63, 3.8) is 0 Å². The Balaban J connectivity index is 4.39. The highest BCUT2D eigenvalue weighted by molar-refractivity contribution is 5.91. The number of carbonyl (C=O) groups is 2. The van der Waals surface area contributed by atoms with Gasteiger partial charge in [0.25, 0.3) is 0 Å². The molecule has 0 aromatic heterocycles. The van der Waals surface area contributed by atoms with E-state index in [1.807, 2.05) is 0 Å². The van der Waals surface area contributed by atoms with Crippen molar-refractivity contribution in [2.24, 2.45) is 5.92 Å². The van der Waals surface area contributed by atoms with Gasteiger partial charge in [-0.3, -0.25) is 4.79 Å². The molecule has 1 amide bonds. The maximum absolute atomic E-state index is 11.2. The van der Waals surface area contributed by atoms with E-state index in [1.54, 1.807) is 27.7 Å². The van der Waals surface area contributed by atoms with Crippen LogP contribution in [-0.2, 0) is 9.59 Å². The standard InChI is InChI=1S/C10H17NO3/c1-6(2)5-8(12)11-9(7(3)4)10(13)14/h5,7,9H,1-4H3,(H,11,12)(H,13,14)/t9-/m0/s1. The van der Waals surface area contributed by atoms with E-state index >= 15 is 0 Å². The van der Waals surface area contributed by atoms with Crippen LogP contribution in [0.5, 0.6) is 0 Å². The van der Waals surface area contributed by atoms with E-state index in [9.17, 15) is 9.59 Å². The Morgan fingerprint density at radius 3 is 2.07 bits per heavy atom. The SMILES string of the molecule is CC(C)=CC(=O)N[C@H](C(=O)O)C(C)C. The first-order valence-corrected chi connectivity index (χ1v) is 4.52. The number of hydrogen-bond acceptors (Lipinski definition) is 2. The maximum Gasteiger partial charge on any atom is 0.326 e. The fourth-order valence-corrected chi connectivity index (χ4v) is 0.971. The van der Waals surface area contributed by atoms with Crippen LogP contribution >= 0.6 is 0 Å². The first-order valence-electron chi connectivity index (χ1n) is 4.52. The number of amides is 1. The van der Waals surface area contributed by atoms with Crippen LogP contribution in [0.1, 0.15) is 27.7 Å². The van der Waals surface area contributed by atoms with Crippen molar-refractivity contribution in [1.82, 2.24) is 5.32 Å². The molecule has 0 unspecified atom stereocenters. The van der Waals surface area contributed by atoms with Gasteiger partial charge in [-0.2, -0.15) is 0 Å². The summed E-state index contributed by atoms with van der Waals surface area (Å²) in [6.45, 7) is 7.07. The number of rotatable bonds is 4. The van der Waals surface area contributed by atoms with Gasteiger partial charge >= 0.3 is 5.97 Å². The van der Waals surface area contributed by atoms with E-state index in [-0.39, 0.29) is 11.8 Å². The van der Waals surface area contributed by atoms with Crippen LogP contribution in [0.2, 0.25) is 0 Å². The van der Waals surface area contributed by atoms with Gasteiger partial charge in [-0.05, 0) is 19.8 Å². The molecule has 0 aliphatic heterocycles. The molecule has 0 aliphatic rings. The van der Waals surface area contributed by atoms with Crippen molar-refractivity contribution < 1.29 is 14.7 Å². The molecule has 0 saturated carbocycles. The minimum atomic E-state index is -1.00. The summed E-state index contributed by atoms with van der Waals surface area (Å²) >= 11 is 0. The molecule has 4 heteroatoms. The number of carbonyl (C=O) groups excluding carboxylic acids is 1. The first-order chi connectivity index (χ1) is 6.34. The van der Waals surface area contributed by atoms with Gasteiger partial charge in [-0.15, -0.1) is 0 Å². The number of carboxylic acid groups (broad SMARTS) is 1. The van der Waals surface area contributed by atoms with E-state index in [0.717, 1.165) is 5.57 Å². The van der Waals surface area contributed by atoms with E-state index in [0.29, 0.717) is 0 Å². The quantitative estimate of drug-likeness (QED) is 0.668. The predicted octanol–water partition coefficient (Wildman–Crippen LogP) is 1.18. The number of carboxylic acids is 1. The van der Waals surface area contributed by atoms with Crippen LogP contribution in [-0.4, -0.2) is 23.0 Å². The largest absolute Gasteiger partial charge is 0.480 e. The van der Waals surface area contributed by atoms with Crippen molar-refractivity contribution in [2.75, 3.05) is 0 Å². The van der Waals surface area contributed by atoms with Crippen LogP contribution in [0, 0.1) is 5.92 Å². The fraction of sp³-hybridized carbons (Fsp3) is 0.600. The molecule has 2 N–H and O–H groups in total. The molecule has 0 spiro atoms. The zero-order valence-corrected chi connectivity index (χ0v) is 9.00. The lowest BCUT2D eigenvalue weighted by molar-refractivity contribution is -0.142. The molecule has 80 valence electrons. The second-order valence-electron chi connectivity index (χ2n) is 3.79. The minimum absolute atomic E-state index is 0.123. The van der Waals surface area contributed by atoms with Crippen molar-refractivity contribution in [1.29, 1.82) is 0 Å². The molecular weight excluding hydrogens is 182 g/mol. The Hall–Kier alpha value is -1.32. The van der Waals surface area contributed by atoms with Gasteiger partial charge in [0.15, 0.2) is 0 Å². The minimum Gasteiger partial charge on any atom is -0.480 e. The molecule has 0 heterocycles. The van der Waals surface area contributed by atoms with E-state index in [1.165, 1.54) is 6.08 Å². The Morgan fingerprint density at radius 1 is 1.29 bits per heavy atom. The van der Waals surface area contributed by atoms with E-state index < -0.39 is 12.0 Å².